The Morgan fingerprint density at radius 3 is 2.28 bits per heavy atom. The number of rotatable bonds is 10. The predicted molar refractivity (Wildman–Crippen MR) is 111 cm³/mol. The first-order chi connectivity index (χ1) is 13.9. The molecule has 2 rings (SSSR count). The number of carbonyl (C=O) groups is 1. The van der Waals surface area contributed by atoms with Crippen LogP contribution in [0.5, 0.6) is 11.5 Å². The van der Waals surface area contributed by atoms with Gasteiger partial charge in [0, 0.05) is 19.6 Å². The molecule has 0 aliphatic rings. The summed E-state index contributed by atoms with van der Waals surface area (Å²) in [5.41, 5.74) is 1.90. The van der Waals surface area contributed by atoms with Crippen LogP contribution in [0.3, 0.4) is 0 Å². The topological polar surface area (TPSA) is 106 Å². The second-order valence-electron chi connectivity index (χ2n) is 6.32. The summed E-state index contributed by atoms with van der Waals surface area (Å²) < 4.78 is 37.3. The predicted octanol–water partition coefficient (Wildman–Crippen LogP) is 1.83. The maximum atomic E-state index is 12.2. The van der Waals surface area contributed by atoms with Crippen LogP contribution in [0.25, 0.3) is 0 Å². The minimum atomic E-state index is -3.59. The molecular formula is C20H27N3O5S. The van der Waals surface area contributed by atoms with E-state index in [0.717, 1.165) is 16.9 Å². The summed E-state index contributed by atoms with van der Waals surface area (Å²) in [6.45, 7) is 2.54. The van der Waals surface area contributed by atoms with Crippen LogP contribution in [-0.2, 0) is 16.4 Å². The smallest absolute Gasteiger partial charge is 0.314 e. The summed E-state index contributed by atoms with van der Waals surface area (Å²) in [6, 6.07) is 11.7. The largest absolute Gasteiger partial charge is 0.497 e. The van der Waals surface area contributed by atoms with Crippen molar-refractivity contribution in [2.75, 3.05) is 33.9 Å². The number of urea groups is 1. The van der Waals surface area contributed by atoms with Crippen molar-refractivity contribution in [3.63, 3.8) is 0 Å². The van der Waals surface area contributed by atoms with Crippen molar-refractivity contribution < 1.29 is 22.7 Å². The van der Waals surface area contributed by atoms with Gasteiger partial charge in [-0.15, -0.1) is 0 Å². The van der Waals surface area contributed by atoms with Crippen molar-refractivity contribution in [2.45, 2.75) is 18.2 Å². The lowest BCUT2D eigenvalue weighted by Crippen LogP contribution is -2.40. The summed E-state index contributed by atoms with van der Waals surface area (Å²) in [7, 11) is -0.416. The molecule has 0 unspecified atom stereocenters. The summed E-state index contributed by atoms with van der Waals surface area (Å²) in [6.07, 6.45) is 0.563. The van der Waals surface area contributed by atoms with E-state index in [4.69, 9.17) is 9.47 Å². The van der Waals surface area contributed by atoms with Crippen LogP contribution in [0.4, 0.5) is 4.79 Å². The molecule has 9 heteroatoms. The molecule has 0 aliphatic carbocycles. The summed E-state index contributed by atoms with van der Waals surface area (Å²) >= 11 is 0. The van der Waals surface area contributed by atoms with Crippen LogP contribution in [0.15, 0.2) is 47.4 Å². The first-order valence-electron chi connectivity index (χ1n) is 9.14. The number of methoxy groups -OCH3 is 2. The quantitative estimate of drug-likeness (QED) is 0.508. The van der Waals surface area contributed by atoms with Crippen LogP contribution in [0, 0.1) is 6.92 Å². The van der Waals surface area contributed by atoms with E-state index in [1.165, 1.54) is 0 Å². The van der Waals surface area contributed by atoms with Gasteiger partial charge in [0.2, 0.25) is 10.0 Å². The molecule has 0 bridgehead atoms. The van der Waals surface area contributed by atoms with Crippen molar-refractivity contribution in [1.82, 2.24) is 15.4 Å². The van der Waals surface area contributed by atoms with Gasteiger partial charge in [-0.1, -0.05) is 17.7 Å². The molecule has 2 amide bonds. The zero-order chi connectivity index (χ0) is 21.3. The normalized spacial score (nSPS) is 11.0. The monoisotopic (exact) mass is 421 g/mol. The van der Waals surface area contributed by atoms with Gasteiger partial charge in [-0.3, -0.25) is 0 Å². The highest BCUT2D eigenvalue weighted by atomic mass is 32.2. The van der Waals surface area contributed by atoms with Gasteiger partial charge in [-0.05, 0) is 49.2 Å². The number of amides is 2. The number of hydrogen-bond donors (Lipinski definition) is 3. The molecule has 2 aromatic rings. The number of ether oxygens (including phenoxy) is 2. The van der Waals surface area contributed by atoms with Crippen LogP contribution >= 0.6 is 0 Å². The fourth-order valence-electron chi connectivity index (χ4n) is 2.61. The molecule has 29 heavy (non-hydrogen) atoms. The fourth-order valence-corrected chi connectivity index (χ4v) is 3.64. The molecule has 0 atom stereocenters. The highest BCUT2D eigenvalue weighted by Crippen LogP contribution is 2.24. The van der Waals surface area contributed by atoms with Crippen molar-refractivity contribution in [3.05, 3.63) is 53.6 Å². The molecule has 0 fully saturated rings. The van der Waals surface area contributed by atoms with Crippen molar-refractivity contribution in [2.24, 2.45) is 0 Å². The number of benzene rings is 2. The molecule has 8 nitrogen and oxygen atoms in total. The van der Waals surface area contributed by atoms with Gasteiger partial charge in [-0.25, -0.2) is 17.9 Å². The molecule has 158 valence electrons. The molecule has 0 aromatic heterocycles. The van der Waals surface area contributed by atoms with E-state index in [1.54, 1.807) is 44.6 Å². The van der Waals surface area contributed by atoms with E-state index >= 15 is 0 Å². The van der Waals surface area contributed by atoms with Gasteiger partial charge in [0.1, 0.15) is 11.5 Å². The Bertz CT molecular complexity index is 914. The van der Waals surface area contributed by atoms with Crippen LogP contribution in [0.1, 0.15) is 11.1 Å². The Morgan fingerprint density at radius 2 is 1.62 bits per heavy atom. The Labute approximate surface area is 171 Å². The van der Waals surface area contributed by atoms with Crippen LogP contribution in [-0.4, -0.2) is 48.3 Å². The van der Waals surface area contributed by atoms with Crippen LogP contribution < -0.4 is 24.8 Å². The third-order valence-corrected chi connectivity index (χ3v) is 5.68. The number of aryl methyl sites for hydroxylation is 1. The van der Waals surface area contributed by atoms with E-state index in [-0.39, 0.29) is 24.0 Å². The van der Waals surface area contributed by atoms with E-state index in [1.807, 2.05) is 19.1 Å². The van der Waals surface area contributed by atoms with E-state index in [0.29, 0.717) is 18.7 Å². The average molecular weight is 422 g/mol. The Kier molecular flexibility index (Phi) is 8.29. The molecule has 0 spiro atoms. The third-order valence-electron chi connectivity index (χ3n) is 4.20. The summed E-state index contributed by atoms with van der Waals surface area (Å²) in [4.78, 5) is 12.1. The van der Waals surface area contributed by atoms with Gasteiger partial charge >= 0.3 is 6.03 Å². The second-order valence-corrected chi connectivity index (χ2v) is 8.09. The molecule has 0 heterocycles. The standard InChI is InChI=1S/C20H27N3O5S/c1-15-4-7-18(8-5-15)29(25,26)23-13-12-22-20(24)21-11-10-16-14-17(27-2)6-9-19(16)28-3/h4-9,14,23H,10-13H2,1-3H3,(H2,21,22,24). The maximum Gasteiger partial charge on any atom is 0.314 e. The van der Waals surface area contributed by atoms with Gasteiger partial charge in [0.15, 0.2) is 0 Å². The fraction of sp³-hybridized carbons (Fsp3) is 0.350. The zero-order valence-electron chi connectivity index (χ0n) is 16.8. The maximum absolute atomic E-state index is 12.2. The average Bonchev–Trinajstić information content (AvgIpc) is 2.71. The summed E-state index contributed by atoms with van der Waals surface area (Å²) in [5.74, 6) is 1.43. The molecule has 0 aliphatic heterocycles. The van der Waals surface area contributed by atoms with Crippen molar-refractivity contribution in [3.8, 4) is 11.5 Å². The first kappa shape index (κ1) is 22.5. The van der Waals surface area contributed by atoms with E-state index in [9.17, 15) is 13.2 Å². The number of sulfonamides is 1. The highest BCUT2D eigenvalue weighted by Gasteiger charge is 2.13. The minimum absolute atomic E-state index is 0.0906. The molecule has 3 N–H and O–H groups in total. The second kappa shape index (κ2) is 10.7. The minimum Gasteiger partial charge on any atom is -0.497 e. The SMILES string of the molecule is COc1ccc(OC)c(CCNC(=O)NCCNS(=O)(=O)c2ccc(C)cc2)c1. The molecule has 0 saturated heterocycles. The molecular weight excluding hydrogens is 394 g/mol. The van der Waals surface area contributed by atoms with Crippen molar-refractivity contribution in [1.29, 1.82) is 0 Å². The van der Waals surface area contributed by atoms with Gasteiger partial charge < -0.3 is 20.1 Å². The van der Waals surface area contributed by atoms with Gasteiger partial charge in [0.05, 0.1) is 19.1 Å². The first-order valence-corrected chi connectivity index (χ1v) is 10.6. The third kappa shape index (κ3) is 6.95. The van der Waals surface area contributed by atoms with E-state index in [2.05, 4.69) is 15.4 Å². The van der Waals surface area contributed by atoms with Gasteiger partial charge in [0.25, 0.3) is 0 Å². The van der Waals surface area contributed by atoms with E-state index < -0.39 is 10.0 Å². The Balaban J connectivity index is 1.72. The Hall–Kier alpha value is -2.78. The van der Waals surface area contributed by atoms with Crippen LogP contribution in [0.2, 0.25) is 0 Å². The molecule has 0 radical (unpaired) electrons. The zero-order valence-corrected chi connectivity index (χ0v) is 17.6. The lowest BCUT2D eigenvalue weighted by Gasteiger charge is -2.12. The number of hydrogen-bond acceptors (Lipinski definition) is 5. The van der Waals surface area contributed by atoms with Crippen molar-refractivity contribution >= 4 is 16.1 Å². The number of nitrogens with one attached hydrogen (secondary N) is 3. The van der Waals surface area contributed by atoms with Gasteiger partial charge in [-0.2, -0.15) is 0 Å². The number of carbonyl (C=O) groups excluding carboxylic acids is 1. The Morgan fingerprint density at radius 1 is 0.931 bits per heavy atom. The lowest BCUT2D eigenvalue weighted by molar-refractivity contribution is 0.241. The summed E-state index contributed by atoms with van der Waals surface area (Å²) in [5, 5.41) is 5.35. The molecule has 0 saturated carbocycles. The highest BCUT2D eigenvalue weighted by molar-refractivity contribution is 7.89. The molecule has 2 aromatic carbocycles. The lowest BCUT2D eigenvalue weighted by atomic mass is 10.1.